The Balaban J connectivity index is 1.36. The monoisotopic (exact) mass is 561 g/mol. The highest BCUT2D eigenvalue weighted by Gasteiger charge is 2.48. The van der Waals surface area contributed by atoms with Gasteiger partial charge in [-0.05, 0) is 71.7 Å². The van der Waals surface area contributed by atoms with Gasteiger partial charge in [0.05, 0.1) is 18.8 Å². The molecule has 3 unspecified atom stereocenters. The molecule has 1 aliphatic carbocycles. The molecule has 1 aromatic carbocycles. The average molecular weight is 562 g/mol. The van der Waals surface area contributed by atoms with Crippen molar-refractivity contribution in [2.75, 3.05) is 31.6 Å². The first-order chi connectivity index (χ1) is 18.9. The fourth-order valence-corrected chi connectivity index (χ4v) is 6.46. The van der Waals surface area contributed by atoms with Crippen LogP contribution in [0.15, 0.2) is 24.4 Å². The first kappa shape index (κ1) is 28.7. The zero-order chi connectivity index (χ0) is 28.8. The summed E-state index contributed by atoms with van der Waals surface area (Å²) in [6, 6.07) is 5.63. The average Bonchev–Trinajstić information content (AvgIpc) is 3.27. The Morgan fingerprint density at radius 1 is 1.10 bits per heavy atom. The summed E-state index contributed by atoms with van der Waals surface area (Å²) in [5, 5.41) is 0. The van der Waals surface area contributed by atoms with Crippen LogP contribution in [0.5, 0.6) is 11.5 Å². The van der Waals surface area contributed by atoms with Gasteiger partial charge in [0.15, 0.2) is 11.5 Å². The molecule has 218 valence electrons. The molecule has 5 rings (SSSR count). The Morgan fingerprint density at radius 3 is 2.33 bits per heavy atom. The second-order valence-corrected chi connectivity index (χ2v) is 11.7. The molecule has 0 N–H and O–H groups in total. The molecule has 0 radical (unpaired) electrons. The molecule has 2 aliphatic heterocycles. The van der Waals surface area contributed by atoms with E-state index in [1.54, 1.807) is 6.20 Å². The van der Waals surface area contributed by atoms with Crippen LogP contribution in [0, 0.1) is 12.8 Å². The molecule has 10 heteroatoms. The number of hydrogen-bond donors (Lipinski definition) is 0. The quantitative estimate of drug-likeness (QED) is 0.400. The zero-order valence-corrected chi connectivity index (χ0v) is 23.8. The van der Waals surface area contributed by atoms with E-state index in [1.807, 2.05) is 32.0 Å². The summed E-state index contributed by atoms with van der Waals surface area (Å²) in [6.07, 6.45) is 1.24. The Labute approximate surface area is 233 Å². The Hall–Kier alpha value is -2.85. The molecule has 40 heavy (non-hydrogen) atoms. The predicted octanol–water partition coefficient (Wildman–Crippen LogP) is 6.02. The predicted molar refractivity (Wildman–Crippen MR) is 146 cm³/mol. The maximum atomic E-state index is 12.9. The standard InChI is InChI=1S/C30H38F3N3O4/c1-18-14-36(15-19(2)38-18)26-11-6-21(13-34-26)25-12-22(16-37)20(3)27-28(25)40-29(4,39-27)23-7-9-24(10-8-23)35(5)17-30(31,32)33/h6,11-13,16,18-19,23-24H,7-10,14-15,17H2,1-5H3. The van der Waals surface area contributed by atoms with Gasteiger partial charge in [-0.15, -0.1) is 0 Å². The Bertz CT molecular complexity index is 1220. The lowest BCUT2D eigenvalue weighted by Gasteiger charge is -2.40. The van der Waals surface area contributed by atoms with Crippen molar-refractivity contribution in [1.82, 2.24) is 9.88 Å². The number of hydrogen-bond acceptors (Lipinski definition) is 7. The summed E-state index contributed by atoms with van der Waals surface area (Å²) in [5.74, 6) is 0.987. The van der Waals surface area contributed by atoms with Crippen LogP contribution in [0.4, 0.5) is 19.0 Å². The minimum Gasteiger partial charge on any atom is -0.448 e. The van der Waals surface area contributed by atoms with E-state index in [0.29, 0.717) is 48.3 Å². The second kappa shape index (κ2) is 10.9. The fraction of sp³-hybridized carbons (Fsp3) is 0.600. The minimum atomic E-state index is -4.22. The highest BCUT2D eigenvalue weighted by molar-refractivity contribution is 5.87. The van der Waals surface area contributed by atoms with Crippen LogP contribution in [-0.2, 0) is 4.74 Å². The summed E-state index contributed by atoms with van der Waals surface area (Å²) in [6.45, 7) is 8.44. The summed E-state index contributed by atoms with van der Waals surface area (Å²) < 4.78 is 57.6. The van der Waals surface area contributed by atoms with Gasteiger partial charge in [0.1, 0.15) is 12.1 Å². The third-order valence-corrected chi connectivity index (χ3v) is 8.55. The zero-order valence-electron chi connectivity index (χ0n) is 23.8. The molecule has 2 fully saturated rings. The maximum absolute atomic E-state index is 12.9. The third kappa shape index (κ3) is 5.79. The van der Waals surface area contributed by atoms with Crippen LogP contribution in [0.25, 0.3) is 11.1 Å². The molecule has 1 saturated carbocycles. The molecule has 7 nitrogen and oxygen atoms in total. The van der Waals surface area contributed by atoms with E-state index in [-0.39, 0.29) is 24.2 Å². The van der Waals surface area contributed by atoms with Gasteiger partial charge in [0.25, 0.3) is 5.79 Å². The summed E-state index contributed by atoms with van der Waals surface area (Å²) >= 11 is 0. The molecular formula is C30H38F3N3O4. The van der Waals surface area contributed by atoms with Crippen LogP contribution in [-0.4, -0.2) is 73.1 Å². The number of aldehydes is 1. The molecule has 0 bridgehead atoms. The number of aromatic nitrogens is 1. The first-order valence-electron chi connectivity index (χ1n) is 14.0. The smallest absolute Gasteiger partial charge is 0.401 e. The molecule has 3 heterocycles. The van der Waals surface area contributed by atoms with Crippen molar-refractivity contribution < 1.29 is 32.2 Å². The number of morpholine rings is 1. The van der Waals surface area contributed by atoms with E-state index in [0.717, 1.165) is 36.3 Å². The number of carbonyl (C=O) groups excluding carboxylic acids is 1. The van der Waals surface area contributed by atoms with E-state index < -0.39 is 18.5 Å². The van der Waals surface area contributed by atoms with Gasteiger partial charge in [0.2, 0.25) is 0 Å². The van der Waals surface area contributed by atoms with Gasteiger partial charge >= 0.3 is 6.18 Å². The second-order valence-electron chi connectivity index (χ2n) is 11.7. The molecule has 3 aliphatic rings. The lowest BCUT2D eigenvalue weighted by atomic mass is 9.81. The van der Waals surface area contributed by atoms with Gasteiger partial charge in [0, 0.05) is 60.4 Å². The molecule has 0 spiro atoms. The lowest BCUT2D eigenvalue weighted by molar-refractivity contribution is -0.153. The third-order valence-electron chi connectivity index (χ3n) is 8.55. The Morgan fingerprint density at radius 2 is 1.75 bits per heavy atom. The van der Waals surface area contributed by atoms with Crippen LogP contribution >= 0.6 is 0 Å². The number of fused-ring (bicyclic) bond motifs is 1. The number of rotatable bonds is 6. The molecule has 1 aromatic heterocycles. The molecular weight excluding hydrogens is 523 g/mol. The fourth-order valence-electron chi connectivity index (χ4n) is 6.46. The van der Waals surface area contributed by atoms with Crippen LogP contribution in [0.3, 0.4) is 0 Å². The van der Waals surface area contributed by atoms with E-state index in [1.165, 1.54) is 11.9 Å². The highest BCUT2D eigenvalue weighted by atomic mass is 19.4. The van der Waals surface area contributed by atoms with Gasteiger partial charge in [-0.2, -0.15) is 13.2 Å². The highest BCUT2D eigenvalue weighted by Crippen LogP contribution is 2.52. The number of anilines is 1. The van der Waals surface area contributed by atoms with Crippen LogP contribution in [0.1, 0.15) is 62.4 Å². The number of alkyl halides is 3. The van der Waals surface area contributed by atoms with E-state index >= 15 is 0 Å². The van der Waals surface area contributed by atoms with Crippen molar-refractivity contribution in [3.8, 4) is 22.6 Å². The number of pyridine rings is 1. The maximum Gasteiger partial charge on any atom is 0.401 e. The lowest BCUT2D eigenvalue weighted by Crippen LogP contribution is -2.48. The van der Waals surface area contributed by atoms with Crippen molar-refractivity contribution in [2.45, 2.75) is 83.6 Å². The molecule has 0 amide bonds. The van der Waals surface area contributed by atoms with Crippen LogP contribution < -0.4 is 14.4 Å². The Kier molecular flexibility index (Phi) is 7.78. The SMILES string of the molecule is Cc1c(C=O)cc(-c2ccc(N3CC(C)OC(C)C3)nc2)c2c1OC(C)(C1CCC(N(C)CC(F)(F)F)CC1)O2. The topological polar surface area (TPSA) is 64.1 Å². The van der Waals surface area contributed by atoms with Gasteiger partial charge in [-0.3, -0.25) is 9.69 Å². The summed E-state index contributed by atoms with van der Waals surface area (Å²) in [5.41, 5.74) is 2.76. The van der Waals surface area contributed by atoms with E-state index in [2.05, 4.69) is 18.7 Å². The van der Waals surface area contributed by atoms with Crippen molar-refractivity contribution in [3.05, 3.63) is 35.5 Å². The number of nitrogens with zero attached hydrogens (tertiary/aromatic N) is 3. The van der Waals surface area contributed by atoms with Crippen molar-refractivity contribution in [3.63, 3.8) is 0 Å². The van der Waals surface area contributed by atoms with Crippen molar-refractivity contribution in [1.29, 1.82) is 0 Å². The van der Waals surface area contributed by atoms with Gasteiger partial charge in [-0.25, -0.2) is 4.98 Å². The first-order valence-corrected chi connectivity index (χ1v) is 14.0. The van der Waals surface area contributed by atoms with Gasteiger partial charge < -0.3 is 19.1 Å². The van der Waals surface area contributed by atoms with Crippen LogP contribution in [0.2, 0.25) is 0 Å². The summed E-state index contributed by atoms with van der Waals surface area (Å²) in [4.78, 5) is 20.3. The number of benzene rings is 1. The van der Waals surface area contributed by atoms with E-state index in [4.69, 9.17) is 19.2 Å². The van der Waals surface area contributed by atoms with Crippen molar-refractivity contribution >= 4 is 12.1 Å². The number of ether oxygens (including phenoxy) is 3. The van der Waals surface area contributed by atoms with Gasteiger partial charge in [-0.1, -0.05) is 0 Å². The molecule has 2 aromatic rings. The molecule has 1 saturated heterocycles. The van der Waals surface area contributed by atoms with Crippen molar-refractivity contribution in [2.24, 2.45) is 5.92 Å². The largest absolute Gasteiger partial charge is 0.448 e. The van der Waals surface area contributed by atoms with E-state index in [9.17, 15) is 18.0 Å². The number of halogens is 3. The number of carbonyl (C=O) groups is 1. The normalized spacial score (nSPS) is 28.7. The summed E-state index contributed by atoms with van der Waals surface area (Å²) in [7, 11) is 1.54. The minimum absolute atomic E-state index is 0.00633. The molecule has 3 atom stereocenters.